The van der Waals surface area contributed by atoms with E-state index in [9.17, 15) is 14.4 Å². The molecular weight excluding hydrogens is 438 g/mol. The van der Waals surface area contributed by atoms with Gasteiger partial charge in [0.15, 0.2) is 0 Å². The number of nitrogens with zero attached hydrogens (tertiary/aromatic N) is 1. The Labute approximate surface area is 197 Å². The van der Waals surface area contributed by atoms with Crippen molar-refractivity contribution in [1.29, 1.82) is 0 Å². The molecule has 9 nitrogen and oxygen atoms in total. The highest BCUT2D eigenvalue weighted by atomic mass is 16.5. The molecule has 0 spiro atoms. The summed E-state index contributed by atoms with van der Waals surface area (Å²) in [7, 11) is 0. The second-order valence-electron chi connectivity index (χ2n) is 7.39. The monoisotopic (exact) mass is 465 g/mol. The molecule has 0 saturated heterocycles. The van der Waals surface area contributed by atoms with Gasteiger partial charge in [0.1, 0.15) is 0 Å². The van der Waals surface area contributed by atoms with Crippen molar-refractivity contribution in [2.24, 2.45) is 0 Å². The Balaban J connectivity index is 0.000000440. The van der Waals surface area contributed by atoms with Gasteiger partial charge in [0.05, 0.1) is 23.5 Å². The van der Waals surface area contributed by atoms with E-state index in [1.807, 2.05) is 36.4 Å². The molecule has 1 amide bonds. The van der Waals surface area contributed by atoms with Gasteiger partial charge in [0.25, 0.3) is 0 Å². The molecule has 0 radical (unpaired) electrons. The average Bonchev–Trinajstić information content (AvgIpc) is 2.98. The molecule has 0 aromatic heterocycles. The molecule has 4 N–H and O–H groups in total. The van der Waals surface area contributed by atoms with Crippen LogP contribution in [-0.4, -0.2) is 45.9 Å². The summed E-state index contributed by atoms with van der Waals surface area (Å²) in [5, 5.41) is 22.9. The van der Waals surface area contributed by atoms with Gasteiger partial charge in [-0.3, -0.25) is 5.32 Å². The van der Waals surface area contributed by atoms with Gasteiger partial charge in [-0.2, -0.15) is 0 Å². The van der Waals surface area contributed by atoms with Crippen LogP contribution in [-0.2, 0) is 14.3 Å². The maximum absolute atomic E-state index is 11.9. The lowest BCUT2D eigenvalue weighted by Crippen LogP contribution is -2.13. The van der Waals surface area contributed by atoms with Crippen molar-refractivity contribution < 1.29 is 29.3 Å². The fraction of sp³-hybridized carbons (Fsp3) is 0.200. The molecule has 0 bridgehead atoms. The molecule has 0 fully saturated rings. The lowest BCUT2D eigenvalue weighted by molar-refractivity contribution is -0.134. The number of benzene rings is 1. The predicted octanol–water partition coefficient (Wildman–Crippen LogP) is 5.00. The van der Waals surface area contributed by atoms with Crippen molar-refractivity contribution in [3.05, 3.63) is 67.3 Å². The number of nitrogens with one attached hydrogen (secondary N) is 2. The van der Waals surface area contributed by atoms with Crippen LogP contribution in [0.1, 0.15) is 20.3 Å². The van der Waals surface area contributed by atoms with Crippen LogP contribution in [0.15, 0.2) is 67.3 Å². The minimum Gasteiger partial charge on any atom is -0.478 e. The largest absolute Gasteiger partial charge is 0.478 e. The van der Waals surface area contributed by atoms with Gasteiger partial charge >= 0.3 is 18.0 Å². The first kappa shape index (κ1) is 25.9. The highest BCUT2D eigenvalue weighted by Gasteiger charge is 2.15. The molecule has 178 valence electrons. The van der Waals surface area contributed by atoms with E-state index in [1.54, 1.807) is 6.08 Å². The molecular formula is C25H27N3O6. The number of carboxylic acid groups (broad SMARTS) is 2. The number of carbonyl (C=O) groups excluding carboxylic acids is 1. The van der Waals surface area contributed by atoms with Crippen molar-refractivity contribution in [3.63, 3.8) is 0 Å². The van der Waals surface area contributed by atoms with Crippen LogP contribution in [0.5, 0.6) is 0 Å². The molecule has 1 aromatic carbocycles. The summed E-state index contributed by atoms with van der Waals surface area (Å²) < 4.78 is 5.10. The van der Waals surface area contributed by atoms with Crippen molar-refractivity contribution >= 4 is 40.3 Å². The van der Waals surface area contributed by atoms with Gasteiger partial charge in [-0.1, -0.05) is 30.3 Å². The lowest BCUT2D eigenvalue weighted by atomic mass is 10.1. The van der Waals surface area contributed by atoms with E-state index in [-0.39, 0.29) is 0 Å². The second-order valence-corrected chi connectivity index (χ2v) is 7.39. The Morgan fingerprint density at radius 3 is 2.38 bits per heavy atom. The Bertz CT molecular complexity index is 1160. The van der Waals surface area contributed by atoms with E-state index in [4.69, 9.17) is 19.9 Å². The van der Waals surface area contributed by atoms with Crippen molar-refractivity contribution in [2.45, 2.75) is 26.3 Å². The van der Waals surface area contributed by atoms with Crippen molar-refractivity contribution in [3.8, 4) is 11.3 Å². The third-order valence-electron chi connectivity index (χ3n) is 4.28. The highest BCUT2D eigenvalue weighted by Crippen LogP contribution is 2.35. The number of hydrogen-bond donors (Lipinski definition) is 4. The molecule has 1 aliphatic carbocycles. The van der Waals surface area contributed by atoms with Gasteiger partial charge in [0, 0.05) is 34.8 Å². The van der Waals surface area contributed by atoms with Gasteiger partial charge in [0.2, 0.25) is 0 Å². The summed E-state index contributed by atoms with van der Waals surface area (Å²) in [4.78, 5) is 35.8. The molecule has 34 heavy (non-hydrogen) atoms. The minimum absolute atomic E-state index is 0.312. The third kappa shape index (κ3) is 7.94. The first-order valence-electron chi connectivity index (χ1n) is 10.5. The first-order valence-corrected chi connectivity index (χ1v) is 10.5. The zero-order valence-electron chi connectivity index (χ0n) is 18.9. The maximum Gasteiger partial charge on any atom is 0.411 e. The maximum atomic E-state index is 11.9. The summed E-state index contributed by atoms with van der Waals surface area (Å²) in [6.07, 6.45) is 2.97. The minimum atomic E-state index is -1.26. The number of anilines is 2. The molecule has 1 aliphatic heterocycles. The molecule has 2 aliphatic rings. The number of amides is 1. The number of aliphatic carboxylic acids is 2. The van der Waals surface area contributed by atoms with E-state index >= 15 is 0 Å². The van der Waals surface area contributed by atoms with Crippen LogP contribution in [0, 0.1) is 0 Å². The summed E-state index contributed by atoms with van der Waals surface area (Å²) in [6, 6.07) is 14.1. The van der Waals surface area contributed by atoms with Crippen LogP contribution < -0.4 is 10.6 Å². The number of para-hydroxylation sites is 1. The third-order valence-corrected chi connectivity index (χ3v) is 4.28. The number of carbonyl (C=O) groups is 3. The molecule has 0 atom stereocenters. The number of ether oxygens (including phenoxy) is 1. The van der Waals surface area contributed by atoms with E-state index in [1.165, 1.54) is 0 Å². The molecule has 1 aromatic rings. The quantitative estimate of drug-likeness (QED) is 0.207. The summed E-state index contributed by atoms with van der Waals surface area (Å²) in [5.74, 6) is -2.51. The summed E-state index contributed by atoms with van der Waals surface area (Å²) in [5.41, 5.74) is 4.45. The Kier molecular flexibility index (Phi) is 9.57. The fourth-order valence-corrected chi connectivity index (χ4v) is 2.97. The number of fused-ring (bicyclic) bond motifs is 3. The van der Waals surface area contributed by atoms with E-state index in [0.29, 0.717) is 36.9 Å². The van der Waals surface area contributed by atoms with Crippen LogP contribution in [0.3, 0.4) is 0 Å². The topological polar surface area (TPSA) is 138 Å². The highest BCUT2D eigenvalue weighted by molar-refractivity contribution is 6.03. The normalized spacial score (nSPS) is 10.6. The van der Waals surface area contributed by atoms with Crippen LogP contribution in [0.4, 0.5) is 16.2 Å². The first-order chi connectivity index (χ1) is 16.2. The Morgan fingerprint density at radius 1 is 1.09 bits per heavy atom. The molecule has 3 rings (SSSR count). The van der Waals surface area contributed by atoms with Crippen LogP contribution >= 0.6 is 0 Å². The van der Waals surface area contributed by atoms with Crippen molar-refractivity contribution in [2.75, 3.05) is 17.2 Å². The molecule has 1 heterocycles. The Hall–Kier alpha value is -4.40. The second kappa shape index (κ2) is 12.6. The van der Waals surface area contributed by atoms with Crippen LogP contribution in [0.2, 0.25) is 0 Å². The Morgan fingerprint density at radius 2 is 1.76 bits per heavy atom. The molecule has 0 saturated carbocycles. The number of hydrogen-bond acceptors (Lipinski definition) is 6. The number of rotatable bonds is 8. The van der Waals surface area contributed by atoms with Gasteiger partial charge in [-0.25, -0.2) is 19.4 Å². The van der Waals surface area contributed by atoms with Gasteiger partial charge < -0.3 is 20.3 Å². The fourth-order valence-electron chi connectivity index (χ4n) is 2.97. The van der Waals surface area contributed by atoms with Gasteiger partial charge in [-0.05, 0) is 38.5 Å². The number of aromatic nitrogens is 1. The van der Waals surface area contributed by atoms with E-state index in [0.717, 1.165) is 27.8 Å². The standard InChI is InChI=1S/C21H23N3O2.C4H4O4/c1-4-5-12-26-21(25)23-15-8-6-9-16-17-10-7-11-18(22-14(2)3)20(17)24-19(16)13-15;5-3(6)1-2-4(7)8/h4,6-11,13-14,22H,1,5,12H2,2-3H3,(H,23,25);1-2H,(H,5,6)(H,7,8). The average molecular weight is 466 g/mol. The van der Waals surface area contributed by atoms with Crippen LogP contribution in [0.25, 0.3) is 22.2 Å². The zero-order chi connectivity index (χ0) is 25.1. The SMILES string of the molecule is C=CCCOC(=O)Nc1cccc2c3cccc(NC(C)C)c3nc-2c1.O=C(O)C=CC(=O)O. The predicted molar refractivity (Wildman–Crippen MR) is 131 cm³/mol. The zero-order valence-corrected chi connectivity index (χ0v) is 18.9. The lowest BCUT2D eigenvalue weighted by Gasteiger charge is -2.10. The van der Waals surface area contributed by atoms with Gasteiger partial charge in [-0.15, -0.1) is 6.58 Å². The number of carboxylic acids is 2. The molecule has 0 unspecified atom stereocenters. The van der Waals surface area contributed by atoms with E-state index in [2.05, 4.69) is 37.1 Å². The summed E-state index contributed by atoms with van der Waals surface area (Å²) in [6.45, 7) is 8.11. The summed E-state index contributed by atoms with van der Waals surface area (Å²) >= 11 is 0. The molecule has 9 heteroatoms. The smallest absolute Gasteiger partial charge is 0.411 e. The van der Waals surface area contributed by atoms with Crippen molar-refractivity contribution in [1.82, 2.24) is 4.98 Å². The van der Waals surface area contributed by atoms with E-state index < -0.39 is 18.0 Å².